The predicted molar refractivity (Wildman–Crippen MR) is 190 cm³/mol. The fourth-order valence-electron chi connectivity index (χ4n) is 7.41. The molecule has 4 aromatic rings. The number of rotatable bonds is 12. The van der Waals surface area contributed by atoms with Gasteiger partial charge in [-0.15, -0.1) is 0 Å². The Kier molecular flexibility index (Phi) is 10.4. The highest BCUT2D eigenvalue weighted by atomic mass is 16.5. The summed E-state index contributed by atoms with van der Waals surface area (Å²) < 4.78 is 12.8. The summed E-state index contributed by atoms with van der Waals surface area (Å²) in [6.45, 7) is 11.0. The van der Waals surface area contributed by atoms with Gasteiger partial charge < -0.3 is 20.9 Å². The molecule has 0 spiro atoms. The highest BCUT2D eigenvalue weighted by Crippen LogP contribution is 2.50. The molecule has 5 rings (SSSR count). The van der Waals surface area contributed by atoms with Crippen LogP contribution in [0, 0.1) is 33.6 Å². The average molecular weight is 605 g/mol. The monoisotopic (exact) mass is 604 g/mol. The van der Waals surface area contributed by atoms with Gasteiger partial charge in [-0.1, -0.05) is 81.8 Å². The molecule has 0 saturated heterocycles. The van der Waals surface area contributed by atoms with Gasteiger partial charge in [-0.05, 0) is 117 Å². The van der Waals surface area contributed by atoms with Crippen molar-refractivity contribution in [1.82, 2.24) is 0 Å². The molecule has 238 valence electrons. The fourth-order valence-corrected chi connectivity index (χ4v) is 7.41. The molecule has 1 saturated carbocycles. The summed E-state index contributed by atoms with van der Waals surface area (Å²) in [5.74, 6) is 4.17. The number of unbranched alkanes of at least 4 members (excludes halogenated alkanes) is 4. The Morgan fingerprint density at radius 2 is 1.07 bits per heavy atom. The number of nitrogens with two attached hydrogens (primary N) is 2. The number of benzene rings is 4. The van der Waals surface area contributed by atoms with Crippen LogP contribution in [0.1, 0.15) is 105 Å². The van der Waals surface area contributed by atoms with Crippen molar-refractivity contribution in [3.63, 3.8) is 0 Å². The van der Waals surface area contributed by atoms with Gasteiger partial charge in [-0.25, -0.2) is 0 Å². The number of ether oxygens (including phenoxy) is 2. The van der Waals surface area contributed by atoms with Crippen molar-refractivity contribution in [1.29, 1.82) is 0 Å². The molecule has 1 aliphatic rings. The van der Waals surface area contributed by atoms with Crippen LogP contribution in [0.25, 0.3) is 0 Å². The van der Waals surface area contributed by atoms with Crippen molar-refractivity contribution < 1.29 is 9.47 Å². The molecule has 0 bridgehead atoms. The molecule has 0 aromatic heterocycles. The number of aryl methyl sites for hydroxylation is 4. The summed E-state index contributed by atoms with van der Waals surface area (Å²) in [6, 6.07) is 24.9. The summed E-state index contributed by atoms with van der Waals surface area (Å²) >= 11 is 0. The smallest absolute Gasteiger partial charge is 0.133 e. The maximum atomic E-state index is 6.40. The largest absolute Gasteiger partial charge is 0.457 e. The fraction of sp³-hybridized carbons (Fsp3) is 0.415. The van der Waals surface area contributed by atoms with Gasteiger partial charge in [0.25, 0.3) is 0 Å². The van der Waals surface area contributed by atoms with Crippen molar-refractivity contribution in [2.24, 2.45) is 5.92 Å². The van der Waals surface area contributed by atoms with Gasteiger partial charge in [-0.3, -0.25) is 0 Å². The third-order valence-electron chi connectivity index (χ3n) is 9.86. The van der Waals surface area contributed by atoms with E-state index in [1.165, 1.54) is 62.5 Å². The second kappa shape index (κ2) is 14.5. The number of hydrogen-bond donors (Lipinski definition) is 2. The SMILES string of the molecule is CCCCCCCC1CCC(c2cc(C)c(Oc3cccc(N)c3)c(C)c2)(c2cc(C)c(Oc3cccc(N)c3)c(C)c2)CC1. The maximum Gasteiger partial charge on any atom is 0.133 e. The third-order valence-corrected chi connectivity index (χ3v) is 9.86. The second-order valence-electron chi connectivity index (χ2n) is 13.5. The van der Waals surface area contributed by atoms with E-state index in [-0.39, 0.29) is 5.41 Å². The van der Waals surface area contributed by atoms with E-state index in [0.29, 0.717) is 11.4 Å². The first kappa shape index (κ1) is 32.5. The predicted octanol–water partition coefficient (Wildman–Crippen LogP) is 11.5. The van der Waals surface area contributed by atoms with Gasteiger partial charge in [0.2, 0.25) is 0 Å². The van der Waals surface area contributed by atoms with Gasteiger partial charge in [0.1, 0.15) is 23.0 Å². The molecule has 4 N–H and O–H groups in total. The summed E-state index contributed by atoms with van der Waals surface area (Å²) in [5, 5.41) is 0. The summed E-state index contributed by atoms with van der Waals surface area (Å²) in [4.78, 5) is 0. The van der Waals surface area contributed by atoms with Crippen molar-refractivity contribution >= 4 is 11.4 Å². The minimum absolute atomic E-state index is 0.0604. The molecule has 0 heterocycles. The van der Waals surface area contributed by atoms with E-state index in [1.807, 2.05) is 48.5 Å². The first-order valence-corrected chi connectivity index (χ1v) is 17.0. The van der Waals surface area contributed by atoms with Crippen LogP contribution in [-0.4, -0.2) is 0 Å². The van der Waals surface area contributed by atoms with Gasteiger partial charge in [0.05, 0.1) is 0 Å². The molecule has 0 amide bonds. The lowest BCUT2D eigenvalue weighted by Crippen LogP contribution is -2.33. The Morgan fingerprint density at radius 1 is 0.622 bits per heavy atom. The van der Waals surface area contributed by atoms with Crippen LogP contribution in [0.3, 0.4) is 0 Å². The van der Waals surface area contributed by atoms with Gasteiger partial charge in [-0.2, -0.15) is 0 Å². The molecule has 0 radical (unpaired) electrons. The molecule has 45 heavy (non-hydrogen) atoms. The van der Waals surface area contributed by atoms with E-state index in [2.05, 4.69) is 58.9 Å². The van der Waals surface area contributed by atoms with Gasteiger partial charge in [0.15, 0.2) is 0 Å². The number of hydrogen-bond acceptors (Lipinski definition) is 4. The molecule has 1 fully saturated rings. The lowest BCUT2D eigenvalue weighted by Gasteiger charge is -2.42. The van der Waals surface area contributed by atoms with Crippen molar-refractivity contribution in [2.45, 2.75) is 104 Å². The van der Waals surface area contributed by atoms with E-state index in [1.54, 1.807) is 0 Å². The molecular formula is C41H52N2O2. The first-order valence-electron chi connectivity index (χ1n) is 17.0. The summed E-state index contributed by atoms with van der Waals surface area (Å²) in [5.41, 5.74) is 20.8. The van der Waals surface area contributed by atoms with Crippen LogP contribution in [0.15, 0.2) is 72.8 Å². The van der Waals surface area contributed by atoms with Crippen LogP contribution >= 0.6 is 0 Å². The Balaban J connectivity index is 1.48. The zero-order chi connectivity index (χ0) is 32.0. The van der Waals surface area contributed by atoms with Crippen LogP contribution in [0.2, 0.25) is 0 Å². The number of anilines is 2. The normalized spacial score (nSPS) is 14.8. The molecule has 4 nitrogen and oxygen atoms in total. The topological polar surface area (TPSA) is 70.5 Å². The molecule has 4 heteroatoms. The Bertz CT molecular complexity index is 1450. The number of nitrogen functional groups attached to an aromatic ring is 2. The molecule has 1 aliphatic carbocycles. The van der Waals surface area contributed by atoms with Crippen LogP contribution in [0.4, 0.5) is 11.4 Å². The van der Waals surface area contributed by atoms with Crippen LogP contribution in [0.5, 0.6) is 23.0 Å². The summed E-state index contributed by atoms with van der Waals surface area (Å²) in [6.07, 6.45) is 12.9. The molecule has 0 aliphatic heterocycles. The van der Waals surface area contributed by atoms with Crippen molar-refractivity contribution in [3.8, 4) is 23.0 Å². The summed E-state index contributed by atoms with van der Waals surface area (Å²) in [7, 11) is 0. The van der Waals surface area contributed by atoms with E-state index in [0.717, 1.165) is 64.0 Å². The van der Waals surface area contributed by atoms with E-state index >= 15 is 0 Å². The van der Waals surface area contributed by atoms with E-state index in [4.69, 9.17) is 20.9 Å². The zero-order valence-corrected chi connectivity index (χ0v) is 28.0. The van der Waals surface area contributed by atoms with Crippen LogP contribution in [-0.2, 0) is 5.41 Å². The highest BCUT2D eigenvalue weighted by Gasteiger charge is 2.39. The van der Waals surface area contributed by atoms with Crippen molar-refractivity contribution in [2.75, 3.05) is 11.5 Å². The Hall–Kier alpha value is -3.92. The highest BCUT2D eigenvalue weighted by molar-refractivity contribution is 5.55. The van der Waals surface area contributed by atoms with Crippen molar-refractivity contribution in [3.05, 3.63) is 106 Å². The first-order chi connectivity index (χ1) is 21.7. The Morgan fingerprint density at radius 3 is 1.49 bits per heavy atom. The van der Waals surface area contributed by atoms with Crippen LogP contribution < -0.4 is 20.9 Å². The Labute approximate surface area is 271 Å². The molecule has 0 unspecified atom stereocenters. The molecular weight excluding hydrogens is 552 g/mol. The lowest BCUT2D eigenvalue weighted by molar-refractivity contribution is 0.249. The second-order valence-corrected chi connectivity index (χ2v) is 13.5. The standard InChI is InChI=1S/C41H52N2O2/c1-6-7-8-9-10-13-32-18-20-41(21-19-32,33-22-28(2)39(29(3)23-33)44-37-16-11-14-35(42)26-37)34-24-30(4)40(31(5)25-34)45-38-17-12-15-36(43)27-38/h11-12,14-17,22-27,32H,6-10,13,18-21,42-43H2,1-5H3. The maximum absolute atomic E-state index is 6.40. The third kappa shape index (κ3) is 7.66. The molecule has 4 aromatic carbocycles. The van der Waals surface area contributed by atoms with E-state index in [9.17, 15) is 0 Å². The minimum atomic E-state index is -0.0604. The van der Waals surface area contributed by atoms with E-state index < -0.39 is 0 Å². The zero-order valence-electron chi connectivity index (χ0n) is 28.0. The van der Waals surface area contributed by atoms with Gasteiger partial charge >= 0.3 is 0 Å². The average Bonchev–Trinajstić information content (AvgIpc) is 3.01. The molecule has 0 atom stereocenters. The van der Waals surface area contributed by atoms with Gasteiger partial charge in [0, 0.05) is 28.9 Å². The minimum Gasteiger partial charge on any atom is -0.457 e. The quantitative estimate of drug-likeness (QED) is 0.125. The lowest BCUT2D eigenvalue weighted by atomic mass is 9.62.